The number of ether oxygens (including phenoxy) is 1. The molecular weight excluding hydrogens is 150 g/mol. The molecule has 0 unspecified atom stereocenters. The SMILES string of the molecule is CCO/C=C\c1ccccc1N. The summed E-state index contributed by atoms with van der Waals surface area (Å²) in [5.74, 6) is 0. The molecule has 64 valence electrons. The first-order valence-electron chi connectivity index (χ1n) is 3.97. The predicted molar refractivity (Wildman–Crippen MR) is 51.5 cm³/mol. The van der Waals surface area contributed by atoms with Crippen molar-refractivity contribution in [3.8, 4) is 0 Å². The number of nitrogen functional groups attached to an aromatic ring is 1. The van der Waals surface area contributed by atoms with Crippen LogP contribution in [-0.4, -0.2) is 6.61 Å². The van der Waals surface area contributed by atoms with Gasteiger partial charge in [-0.1, -0.05) is 18.2 Å². The Labute approximate surface area is 72.7 Å². The van der Waals surface area contributed by atoms with E-state index in [1.807, 2.05) is 37.3 Å². The molecule has 0 atom stereocenters. The molecule has 1 rings (SSSR count). The molecule has 0 spiro atoms. The molecule has 0 heterocycles. The van der Waals surface area contributed by atoms with Crippen molar-refractivity contribution in [2.24, 2.45) is 0 Å². The van der Waals surface area contributed by atoms with Gasteiger partial charge < -0.3 is 10.5 Å². The molecule has 0 saturated heterocycles. The van der Waals surface area contributed by atoms with Crippen molar-refractivity contribution < 1.29 is 4.74 Å². The summed E-state index contributed by atoms with van der Waals surface area (Å²) in [6, 6.07) is 7.67. The van der Waals surface area contributed by atoms with Gasteiger partial charge in [-0.25, -0.2) is 0 Å². The molecule has 0 aliphatic carbocycles. The van der Waals surface area contributed by atoms with Crippen LogP contribution in [0.3, 0.4) is 0 Å². The number of anilines is 1. The maximum absolute atomic E-state index is 5.70. The highest BCUT2D eigenvalue weighted by Gasteiger charge is 1.90. The Bertz CT molecular complexity index is 268. The van der Waals surface area contributed by atoms with Gasteiger partial charge in [0.15, 0.2) is 0 Å². The van der Waals surface area contributed by atoms with Gasteiger partial charge in [-0.15, -0.1) is 0 Å². The molecule has 0 bridgehead atoms. The van der Waals surface area contributed by atoms with Gasteiger partial charge in [0.1, 0.15) is 0 Å². The lowest BCUT2D eigenvalue weighted by molar-refractivity contribution is 0.272. The Hall–Kier alpha value is -1.44. The Morgan fingerprint density at radius 2 is 2.17 bits per heavy atom. The van der Waals surface area contributed by atoms with Gasteiger partial charge in [-0.2, -0.15) is 0 Å². The van der Waals surface area contributed by atoms with Crippen molar-refractivity contribution in [3.63, 3.8) is 0 Å². The first-order valence-corrected chi connectivity index (χ1v) is 3.97. The standard InChI is InChI=1S/C10H13NO/c1-2-12-8-7-9-5-3-4-6-10(9)11/h3-8H,2,11H2,1H3/b8-7-. The topological polar surface area (TPSA) is 35.2 Å². The highest BCUT2D eigenvalue weighted by molar-refractivity contribution is 5.63. The molecule has 12 heavy (non-hydrogen) atoms. The second-order valence-corrected chi connectivity index (χ2v) is 2.39. The number of hydrogen-bond donors (Lipinski definition) is 1. The maximum atomic E-state index is 5.70. The van der Waals surface area contributed by atoms with Gasteiger partial charge in [0.25, 0.3) is 0 Å². The second kappa shape index (κ2) is 4.44. The van der Waals surface area contributed by atoms with Crippen LogP contribution in [0.1, 0.15) is 12.5 Å². The number of para-hydroxylation sites is 1. The van der Waals surface area contributed by atoms with Crippen molar-refractivity contribution in [1.29, 1.82) is 0 Å². The Balaban J connectivity index is 2.68. The van der Waals surface area contributed by atoms with E-state index in [1.165, 1.54) is 0 Å². The number of nitrogens with two attached hydrogens (primary N) is 1. The molecule has 0 aromatic heterocycles. The summed E-state index contributed by atoms with van der Waals surface area (Å²) in [7, 11) is 0. The van der Waals surface area contributed by atoms with Crippen molar-refractivity contribution in [3.05, 3.63) is 36.1 Å². The van der Waals surface area contributed by atoms with Gasteiger partial charge in [0.2, 0.25) is 0 Å². The van der Waals surface area contributed by atoms with Crippen LogP contribution in [0, 0.1) is 0 Å². The van der Waals surface area contributed by atoms with Crippen LogP contribution in [0.15, 0.2) is 30.5 Å². The number of rotatable bonds is 3. The zero-order valence-electron chi connectivity index (χ0n) is 7.16. The molecule has 0 saturated carbocycles. The van der Waals surface area contributed by atoms with Gasteiger partial charge in [-0.05, 0) is 19.1 Å². The minimum absolute atomic E-state index is 0.684. The van der Waals surface area contributed by atoms with Crippen LogP contribution in [0.4, 0.5) is 5.69 Å². The highest BCUT2D eigenvalue weighted by Crippen LogP contribution is 2.11. The Morgan fingerprint density at radius 3 is 2.83 bits per heavy atom. The lowest BCUT2D eigenvalue weighted by Crippen LogP contribution is -1.87. The fraction of sp³-hybridized carbons (Fsp3) is 0.200. The van der Waals surface area contributed by atoms with Gasteiger partial charge in [0, 0.05) is 11.3 Å². The molecule has 0 fully saturated rings. The zero-order chi connectivity index (χ0) is 8.81. The third-order valence-corrected chi connectivity index (χ3v) is 1.51. The lowest BCUT2D eigenvalue weighted by Gasteiger charge is -1.98. The van der Waals surface area contributed by atoms with Crippen molar-refractivity contribution >= 4 is 11.8 Å². The molecule has 0 aliphatic rings. The normalized spacial score (nSPS) is 10.4. The minimum Gasteiger partial charge on any atom is -0.501 e. The van der Waals surface area contributed by atoms with Crippen LogP contribution in [0.5, 0.6) is 0 Å². The van der Waals surface area contributed by atoms with Crippen LogP contribution >= 0.6 is 0 Å². The Morgan fingerprint density at radius 1 is 1.42 bits per heavy atom. The number of benzene rings is 1. The average Bonchev–Trinajstić information content (AvgIpc) is 2.09. The van der Waals surface area contributed by atoms with E-state index >= 15 is 0 Å². The van der Waals surface area contributed by atoms with Crippen LogP contribution in [0.25, 0.3) is 6.08 Å². The molecule has 0 amide bonds. The van der Waals surface area contributed by atoms with Crippen molar-refractivity contribution in [2.45, 2.75) is 6.92 Å². The molecule has 2 heteroatoms. The highest BCUT2D eigenvalue weighted by atomic mass is 16.5. The van der Waals surface area contributed by atoms with Crippen LogP contribution < -0.4 is 5.73 Å². The molecule has 1 aromatic rings. The molecule has 0 radical (unpaired) electrons. The van der Waals surface area contributed by atoms with E-state index < -0.39 is 0 Å². The molecule has 2 nitrogen and oxygen atoms in total. The van der Waals surface area contributed by atoms with Gasteiger partial charge in [0.05, 0.1) is 12.9 Å². The largest absolute Gasteiger partial charge is 0.501 e. The summed E-state index contributed by atoms with van der Waals surface area (Å²) in [4.78, 5) is 0. The molecule has 2 N–H and O–H groups in total. The van der Waals surface area contributed by atoms with Crippen LogP contribution in [-0.2, 0) is 4.74 Å². The average molecular weight is 163 g/mol. The zero-order valence-corrected chi connectivity index (χ0v) is 7.16. The smallest absolute Gasteiger partial charge is 0.0845 e. The quantitative estimate of drug-likeness (QED) is 0.548. The maximum Gasteiger partial charge on any atom is 0.0845 e. The van der Waals surface area contributed by atoms with E-state index in [2.05, 4.69) is 0 Å². The monoisotopic (exact) mass is 163 g/mol. The minimum atomic E-state index is 0.684. The third-order valence-electron chi connectivity index (χ3n) is 1.51. The van der Waals surface area contributed by atoms with Gasteiger partial charge >= 0.3 is 0 Å². The summed E-state index contributed by atoms with van der Waals surface area (Å²) < 4.78 is 5.06. The van der Waals surface area contributed by atoms with Crippen molar-refractivity contribution in [2.75, 3.05) is 12.3 Å². The summed E-state index contributed by atoms with van der Waals surface area (Å²) in [5.41, 5.74) is 7.46. The van der Waals surface area contributed by atoms with Crippen LogP contribution in [0.2, 0.25) is 0 Å². The summed E-state index contributed by atoms with van der Waals surface area (Å²) in [5, 5.41) is 0. The first kappa shape index (κ1) is 8.65. The molecule has 1 aromatic carbocycles. The summed E-state index contributed by atoms with van der Waals surface area (Å²) >= 11 is 0. The lowest BCUT2D eigenvalue weighted by atomic mass is 10.2. The fourth-order valence-corrected chi connectivity index (χ4v) is 0.880. The van der Waals surface area contributed by atoms with E-state index in [1.54, 1.807) is 6.26 Å². The van der Waals surface area contributed by atoms with E-state index in [-0.39, 0.29) is 0 Å². The van der Waals surface area contributed by atoms with E-state index in [0.29, 0.717) is 6.61 Å². The van der Waals surface area contributed by atoms with Gasteiger partial charge in [-0.3, -0.25) is 0 Å². The number of hydrogen-bond acceptors (Lipinski definition) is 2. The van der Waals surface area contributed by atoms with E-state index in [4.69, 9.17) is 10.5 Å². The summed E-state index contributed by atoms with van der Waals surface area (Å²) in [6.45, 7) is 2.63. The molecule has 0 aliphatic heterocycles. The second-order valence-electron chi connectivity index (χ2n) is 2.39. The fourth-order valence-electron chi connectivity index (χ4n) is 0.880. The summed E-state index contributed by atoms with van der Waals surface area (Å²) in [6.07, 6.45) is 3.52. The first-order chi connectivity index (χ1) is 5.84. The van der Waals surface area contributed by atoms with E-state index in [0.717, 1.165) is 11.3 Å². The molecular formula is C10H13NO. The predicted octanol–water partition coefficient (Wildman–Crippen LogP) is 2.28. The van der Waals surface area contributed by atoms with Crippen molar-refractivity contribution in [1.82, 2.24) is 0 Å². The Kier molecular flexibility index (Phi) is 3.20. The third kappa shape index (κ3) is 2.31. The van der Waals surface area contributed by atoms with E-state index in [9.17, 15) is 0 Å².